The summed E-state index contributed by atoms with van der Waals surface area (Å²) in [7, 11) is 0. The number of carbonyl (C=O) groups is 3. The number of ketones is 2. The van der Waals surface area contributed by atoms with Crippen molar-refractivity contribution in [3.05, 3.63) is 58.8 Å². The minimum atomic E-state index is -0.568. The standard InChI is InChI=1S/C23H21NO5/c1-12-19-17(9-10-18-20(19)16(26)11-23(3,4)29-18)28-21(12)22(27)24-15-7-5-14(6-8-15)13(2)25/h5-10H,11H2,1-4H3,(H,24,27). The molecule has 29 heavy (non-hydrogen) atoms. The van der Waals surface area contributed by atoms with Gasteiger partial charge < -0.3 is 14.5 Å². The van der Waals surface area contributed by atoms with Crippen LogP contribution >= 0.6 is 0 Å². The summed E-state index contributed by atoms with van der Waals surface area (Å²) in [4.78, 5) is 37.0. The van der Waals surface area contributed by atoms with Crippen molar-refractivity contribution in [3.8, 4) is 5.75 Å². The zero-order chi connectivity index (χ0) is 20.9. The molecule has 0 saturated carbocycles. The van der Waals surface area contributed by atoms with E-state index in [0.717, 1.165) is 0 Å². The smallest absolute Gasteiger partial charge is 0.291 e. The minimum Gasteiger partial charge on any atom is -0.487 e. The number of benzene rings is 2. The number of Topliss-reactive ketones (excluding diaryl/α,β-unsaturated/α-hetero) is 2. The lowest BCUT2D eigenvalue weighted by Crippen LogP contribution is -2.35. The van der Waals surface area contributed by atoms with Gasteiger partial charge in [0, 0.05) is 22.2 Å². The summed E-state index contributed by atoms with van der Waals surface area (Å²) in [6.07, 6.45) is 0.258. The molecule has 0 saturated heterocycles. The van der Waals surface area contributed by atoms with E-state index in [0.29, 0.717) is 39.1 Å². The summed E-state index contributed by atoms with van der Waals surface area (Å²) in [6, 6.07) is 10.0. The highest BCUT2D eigenvalue weighted by atomic mass is 16.5. The van der Waals surface area contributed by atoms with Gasteiger partial charge in [-0.1, -0.05) is 0 Å². The molecular formula is C23H21NO5. The van der Waals surface area contributed by atoms with Gasteiger partial charge in [0.05, 0.1) is 12.0 Å². The van der Waals surface area contributed by atoms with Crippen LogP contribution in [0, 0.1) is 6.92 Å². The Morgan fingerprint density at radius 1 is 1.07 bits per heavy atom. The molecule has 0 aliphatic carbocycles. The Hall–Kier alpha value is -3.41. The summed E-state index contributed by atoms with van der Waals surface area (Å²) in [6.45, 7) is 6.98. The Balaban J connectivity index is 1.71. The minimum absolute atomic E-state index is 0.0301. The summed E-state index contributed by atoms with van der Waals surface area (Å²) < 4.78 is 11.7. The monoisotopic (exact) mass is 391 g/mol. The van der Waals surface area contributed by atoms with Crippen LogP contribution in [0.4, 0.5) is 5.69 Å². The lowest BCUT2D eigenvalue weighted by Gasteiger charge is -2.31. The fraction of sp³-hybridized carbons (Fsp3) is 0.261. The number of hydrogen-bond acceptors (Lipinski definition) is 5. The van der Waals surface area contributed by atoms with Crippen LogP contribution in [0.1, 0.15) is 64.0 Å². The largest absolute Gasteiger partial charge is 0.487 e. The number of hydrogen-bond donors (Lipinski definition) is 1. The number of carbonyl (C=O) groups excluding carboxylic acids is 3. The number of fused-ring (bicyclic) bond motifs is 3. The Bertz CT molecular complexity index is 1170. The molecule has 6 heteroatoms. The molecular weight excluding hydrogens is 370 g/mol. The first-order chi connectivity index (χ1) is 13.7. The number of aryl methyl sites for hydroxylation is 1. The van der Waals surface area contributed by atoms with Gasteiger partial charge in [-0.3, -0.25) is 14.4 Å². The van der Waals surface area contributed by atoms with Crippen LogP contribution in [-0.2, 0) is 0 Å². The zero-order valence-electron chi connectivity index (χ0n) is 16.7. The van der Waals surface area contributed by atoms with E-state index in [1.807, 2.05) is 13.8 Å². The molecule has 148 valence electrons. The summed E-state index contributed by atoms with van der Waals surface area (Å²) >= 11 is 0. The number of nitrogens with one attached hydrogen (secondary N) is 1. The van der Waals surface area contributed by atoms with Crippen molar-refractivity contribution < 1.29 is 23.5 Å². The van der Waals surface area contributed by atoms with Gasteiger partial charge in [0.2, 0.25) is 0 Å². The van der Waals surface area contributed by atoms with Crippen molar-refractivity contribution in [2.45, 2.75) is 39.7 Å². The summed E-state index contributed by atoms with van der Waals surface area (Å²) in [5.41, 5.74) is 2.06. The van der Waals surface area contributed by atoms with Gasteiger partial charge in [0.1, 0.15) is 16.9 Å². The van der Waals surface area contributed by atoms with Crippen LogP contribution in [0.5, 0.6) is 5.75 Å². The average molecular weight is 391 g/mol. The van der Waals surface area contributed by atoms with Gasteiger partial charge in [-0.25, -0.2) is 0 Å². The predicted octanol–water partition coefficient (Wildman–Crippen LogP) is 4.94. The highest BCUT2D eigenvalue weighted by molar-refractivity contribution is 6.14. The van der Waals surface area contributed by atoms with E-state index in [1.165, 1.54) is 6.92 Å². The van der Waals surface area contributed by atoms with Gasteiger partial charge in [-0.05, 0) is 64.1 Å². The quantitative estimate of drug-likeness (QED) is 0.639. The Morgan fingerprint density at radius 2 is 1.76 bits per heavy atom. The Morgan fingerprint density at radius 3 is 2.41 bits per heavy atom. The van der Waals surface area contributed by atoms with Crippen LogP contribution in [0.3, 0.4) is 0 Å². The van der Waals surface area contributed by atoms with Crippen molar-refractivity contribution in [1.29, 1.82) is 0 Å². The van der Waals surface area contributed by atoms with Crippen molar-refractivity contribution in [2.75, 3.05) is 5.32 Å². The number of ether oxygens (including phenoxy) is 1. The average Bonchev–Trinajstić information content (AvgIpc) is 2.98. The van der Waals surface area contributed by atoms with E-state index in [9.17, 15) is 14.4 Å². The number of rotatable bonds is 3. The normalized spacial score (nSPS) is 15.0. The number of furan rings is 1. The maximum atomic E-state index is 12.8. The first kappa shape index (κ1) is 18.9. The van der Waals surface area contributed by atoms with Gasteiger partial charge in [0.15, 0.2) is 17.3 Å². The molecule has 0 unspecified atom stereocenters. The molecule has 4 rings (SSSR count). The molecule has 1 aliphatic heterocycles. The Labute approximate surface area is 167 Å². The summed E-state index contributed by atoms with van der Waals surface area (Å²) in [5.74, 6) is 0.150. The maximum absolute atomic E-state index is 12.8. The molecule has 0 radical (unpaired) electrons. The van der Waals surface area contributed by atoms with Crippen LogP contribution in [0.15, 0.2) is 40.8 Å². The number of amides is 1. The maximum Gasteiger partial charge on any atom is 0.291 e. The van der Waals surface area contributed by atoms with Crippen molar-refractivity contribution in [1.82, 2.24) is 0 Å². The third-order valence-electron chi connectivity index (χ3n) is 5.06. The Kier molecular flexibility index (Phi) is 4.30. The third kappa shape index (κ3) is 3.31. The highest BCUT2D eigenvalue weighted by Gasteiger charge is 2.35. The summed E-state index contributed by atoms with van der Waals surface area (Å²) in [5, 5.41) is 3.38. The number of anilines is 1. The van der Waals surface area contributed by atoms with Crippen molar-refractivity contribution in [3.63, 3.8) is 0 Å². The topological polar surface area (TPSA) is 85.6 Å². The molecule has 3 aromatic rings. The molecule has 1 aliphatic rings. The molecule has 0 fully saturated rings. The van der Waals surface area contributed by atoms with Crippen LogP contribution < -0.4 is 10.1 Å². The van der Waals surface area contributed by atoms with E-state index in [-0.39, 0.29) is 23.7 Å². The lowest BCUT2D eigenvalue weighted by atomic mass is 9.90. The molecule has 6 nitrogen and oxygen atoms in total. The molecule has 1 N–H and O–H groups in total. The molecule has 1 aromatic heterocycles. The van der Waals surface area contributed by atoms with E-state index in [1.54, 1.807) is 43.3 Å². The zero-order valence-corrected chi connectivity index (χ0v) is 16.7. The van der Waals surface area contributed by atoms with E-state index in [2.05, 4.69) is 5.32 Å². The first-order valence-electron chi connectivity index (χ1n) is 9.37. The van der Waals surface area contributed by atoms with Gasteiger partial charge in [0.25, 0.3) is 5.91 Å². The van der Waals surface area contributed by atoms with Crippen molar-refractivity contribution >= 4 is 34.1 Å². The second-order valence-electron chi connectivity index (χ2n) is 7.92. The van der Waals surface area contributed by atoms with Gasteiger partial charge >= 0.3 is 0 Å². The van der Waals surface area contributed by atoms with Crippen LogP contribution in [0.25, 0.3) is 11.0 Å². The fourth-order valence-electron chi connectivity index (χ4n) is 3.69. The van der Waals surface area contributed by atoms with E-state index >= 15 is 0 Å². The van der Waals surface area contributed by atoms with E-state index in [4.69, 9.17) is 9.15 Å². The van der Waals surface area contributed by atoms with Crippen LogP contribution in [0.2, 0.25) is 0 Å². The van der Waals surface area contributed by atoms with Gasteiger partial charge in [-0.2, -0.15) is 0 Å². The third-order valence-corrected chi connectivity index (χ3v) is 5.06. The lowest BCUT2D eigenvalue weighted by molar-refractivity contribution is 0.0623. The second kappa shape index (κ2) is 6.58. The van der Waals surface area contributed by atoms with Gasteiger partial charge in [-0.15, -0.1) is 0 Å². The molecule has 2 aromatic carbocycles. The SMILES string of the molecule is CC(=O)c1ccc(NC(=O)c2oc3ccc4c(c3c2C)C(=O)CC(C)(C)O4)cc1. The second-order valence-corrected chi connectivity index (χ2v) is 7.92. The predicted molar refractivity (Wildman–Crippen MR) is 109 cm³/mol. The molecule has 1 amide bonds. The fourth-order valence-corrected chi connectivity index (χ4v) is 3.69. The highest BCUT2D eigenvalue weighted by Crippen LogP contribution is 2.40. The van der Waals surface area contributed by atoms with Crippen molar-refractivity contribution in [2.24, 2.45) is 0 Å². The molecule has 2 heterocycles. The molecule has 0 atom stereocenters. The molecule has 0 spiro atoms. The first-order valence-corrected chi connectivity index (χ1v) is 9.37. The van der Waals surface area contributed by atoms with E-state index < -0.39 is 11.5 Å². The molecule has 0 bridgehead atoms. The van der Waals surface area contributed by atoms with Crippen LogP contribution in [-0.4, -0.2) is 23.1 Å².